The van der Waals surface area contributed by atoms with Crippen molar-refractivity contribution in [1.29, 1.82) is 0 Å². The van der Waals surface area contributed by atoms with Crippen molar-refractivity contribution in [3.8, 4) is 5.75 Å². The first-order chi connectivity index (χ1) is 11.1. The van der Waals surface area contributed by atoms with Gasteiger partial charge in [-0.3, -0.25) is 0 Å². The van der Waals surface area contributed by atoms with E-state index in [0.29, 0.717) is 5.41 Å². The number of rotatable bonds is 2. The van der Waals surface area contributed by atoms with Crippen molar-refractivity contribution in [2.75, 3.05) is 6.61 Å². The molecule has 23 heavy (non-hydrogen) atoms. The lowest BCUT2D eigenvalue weighted by molar-refractivity contribution is 0.0114. The minimum atomic E-state index is -0.0912. The summed E-state index contributed by atoms with van der Waals surface area (Å²) >= 11 is 0. The van der Waals surface area contributed by atoms with Crippen molar-refractivity contribution < 1.29 is 9.84 Å². The molecular formula is C21H26O2. The highest BCUT2D eigenvalue weighted by Gasteiger charge is 2.74. The number of hydrogen-bond donors (Lipinski definition) is 1. The topological polar surface area (TPSA) is 29.5 Å². The van der Waals surface area contributed by atoms with Crippen LogP contribution < -0.4 is 4.74 Å². The fourth-order valence-electron chi connectivity index (χ4n) is 6.29. The Labute approximate surface area is 138 Å². The zero-order valence-electron chi connectivity index (χ0n) is 14.2. The lowest BCUT2D eigenvalue weighted by Gasteiger charge is -2.46. The normalized spacial score (nSPS) is 40.1. The van der Waals surface area contributed by atoms with Crippen LogP contribution in [0.4, 0.5) is 0 Å². The van der Waals surface area contributed by atoms with Crippen LogP contribution in [-0.4, -0.2) is 17.8 Å². The first kappa shape index (κ1) is 14.1. The Kier molecular flexibility index (Phi) is 2.71. The molecule has 122 valence electrons. The Bertz CT molecular complexity index is 719. The summed E-state index contributed by atoms with van der Waals surface area (Å²) in [5, 5.41) is 10.6. The SMILES string of the molecule is CCOc1ccc2c(c1)C1=C(CC2)[C@]23C[C@H]2C[C@@H](O)[C@@]3(C)CC1. The minimum Gasteiger partial charge on any atom is -0.494 e. The molecule has 1 aromatic carbocycles. The molecule has 0 heterocycles. The van der Waals surface area contributed by atoms with Gasteiger partial charge in [-0.2, -0.15) is 0 Å². The molecule has 0 bridgehead atoms. The predicted octanol–water partition coefficient (Wildman–Crippen LogP) is 4.36. The van der Waals surface area contributed by atoms with Crippen LogP contribution in [-0.2, 0) is 6.42 Å². The fraction of sp³-hybridized carbons (Fsp3) is 0.619. The van der Waals surface area contributed by atoms with E-state index in [4.69, 9.17) is 4.74 Å². The first-order valence-corrected chi connectivity index (χ1v) is 9.27. The second kappa shape index (κ2) is 4.42. The van der Waals surface area contributed by atoms with Crippen LogP contribution in [0.3, 0.4) is 0 Å². The molecule has 5 rings (SSSR count). The maximum atomic E-state index is 10.6. The average Bonchev–Trinajstić information content (AvgIpc) is 3.21. The molecule has 0 saturated heterocycles. The van der Waals surface area contributed by atoms with Crippen molar-refractivity contribution in [3.63, 3.8) is 0 Å². The number of allylic oxidation sites excluding steroid dienone is 2. The number of aryl methyl sites for hydroxylation is 1. The lowest BCUT2D eigenvalue weighted by Crippen LogP contribution is -2.41. The summed E-state index contributed by atoms with van der Waals surface area (Å²) in [7, 11) is 0. The van der Waals surface area contributed by atoms with Crippen molar-refractivity contribution in [2.45, 2.75) is 58.5 Å². The number of benzene rings is 1. The van der Waals surface area contributed by atoms with Gasteiger partial charge in [-0.05, 0) is 80.2 Å². The molecule has 4 aliphatic carbocycles. The van der Waals surface area contributed by atoms with Gasteiger partial charge >= 0.3 is 0 Å². The molecule has 4 atom stereocenters. The first-order valence-electron chi connectivity index (χ1n) is 9.27. The number of ether oxygens (including phenoxy) is 1. The molecule has 1 aromatic rings. The Hall–Kier alpha value is -1.28. The molecule has 2 nitrogen and oxygen atoms in total. The summed E-state index contributed by atoms with van der Waals surface area (Å²) in [5.41, 5.74) is 6.70. The van der Waals surface area contributed by atoms with E-state index in [1.165, 1.54) is 24.0 Å². The third kappa shape index (κ3) is 1.58. The summed E-state index contributed by atoms with van der Waals surface area (Å²) in [4.78, 5) is 0. The summed E-state index contributed by atoms with van der Waals surface area (Å²) in [6.45, 7) is 5.13. The van der Waals surface area contributed by atoms with E-state index in [1.54, 1.807) is 11.1 Å². The van der Waals surface area contributed by atoms with Gasteiger partial charge in [0.2, 0.25) is 0 Å². The molecule has 0 aromatic heterocycles. The number of fused-ring (bicyclic) bond motifs is 2. The molecule has 0 aliphatic heterocycles. The second-order valence-corrected chi connectivity index (χ2v) is 8.25. The van der Waals surface area contributed by atoms with Gasteiger partial charge in [-0.25, -0.2) is 0 Å². The molecule has 1 N–H and O–H groups in total. The third-order valence-corrected chi connectivity index (χ3v) is 7.53. The van der Waals surface area contributed by atoms with Crippen LogP contribution in [0, 0.1) is 16.7 Å². The largest absolute Gasteiger partial charge is 0.494 e. The average molecular weight is 310 g/mol. The molecule has 4 aliphatic rings. The molecular weight excluding hydrogens is 284 g/mol. The van der Waals surface area contributed by atoms with Gasteiger partial charge in [-0.1, -0.05) is 18.6 Å². The van der Waals surface area contributed by atoms with Crippen molar-refractivity contribution in [2.24, 2.45) is 16.7 Å². The van der Waals surface area contributed by atoms with Crippen molar-refractivity contribution >= 4 is 5.57 Å². The van der Waals surface area contributed by atoms with E-state index in [0.717, 1.165) is 44.0 Å². The van der Waals surface area contributed by atoms with E-state index in [1.807, 2.05) is 6.92 Å². The summed E-state index contributed by atoms with van der Waals surface area (Å²) < 4.78 is 5.75. The summed E-state index contributed by atoms with van der Waals surface area (Å²) in [5.74, 6) is 1.74. The maximum Gasteiger partial charge on any atom is 0.119 e. The van der Waals surface area contributed by atoms with Gasteiger partial charge in [0.05, 0.1) is 12.7 Å². The lowest BCUT2D eigenvalue weighted by atomic mass is 9.59. The van der Waals surface area contributed by atoms with E-state index in [9.17, 15) is 5.11 Å². The van der Waals surface area contributed by atoms with Crippen LogP contribution in [0.1, 0.15) is 57.1 Å². The zero-order valence-corrected chi connectivity index (χ0v) is 14.2. The van der Waals surface area contributed by atoms with Gasteiger partial charge in [0, 0.05) is 10.8 Å². The van der Waals surface area contributed by atoms with E-state index in [-0.39, 0.29) is 11.5 Å². The summed E-state index contributed by atoms with van der Waals surface area (Å²) in [6, 6.07) is 6.66. The maximum absolute atomic E-state index is 10.6. The number of aliphatic hydroxyl groups is 1. The standard InChI is InChI=1S/C21H26O2/c1-3-23-15-6-4-13-5-7-18-16(17(13)11-15)8-9-20(2)19(22)10-14-12-21(14,18)20/h4,6,11,14,19,22H,3,5,7-10,12H2,1-2H3/t14-,19-,20-,21+/m1/s1. The van der Waals surface area contributed by atoms with Crippen LogP contribution in [0.25, 0.3) is 5.57 Å². The third-order valence-electron chi connectivity index (χ3n) is 7.53. The highest BCUT2D eigenvalue weighted by molar-refractivity contribution is 5.77. The molecule has 2 heteroatoms. The molecule has 2 fully saturated rings. The Morgan fingerprint density at radius 2 is 2.13 bits per heavy atom. The second-order valence-electron chi connectivity index (χ2n) is 8.25. The molecule has 0 amide bonds. The molecule has 0 radical (unpaired) electrons. The molecule has 1 spiro atoms. The molecule has 0 unspecified atom stereocenters. The monoisotopic (exact) mass is 310 g/mol. The van der Waals surface area contributed by atoms with Crippen LogP contribution in [0.2, 0.25) is 0 Å². The van der Waals surface area contributed by atoms with Crippen LogP contribution in [0.15, 0.2) is 23.8 Å². The van der Waals surface area contributed by atoms with Gasteiger partial charge in [0.1, 0.15) is 5.75 Å². The quantitative estimate of drug-likeness (QED) is 0.879. The van der Waals surface area contributed by atoms with E-state index >= 15 is 0 Å². The summed E-state index contributed by atoms with van der Waals surface area (Å²) in [6.07, 6.45) is 6.88. The van der Waals surface area contributed by atoms with Gasteiger partial charge in [-0.15, -0.1) is 0 Å². The smallest absolute Gasteiger partial charge is 0.119 e. The van der Waals surface area contributed by atoms with Crippen molar-refractivity contribution in [3.05, 3.63) is 34.9 Å². The Morgan fingerprint density at radius 3 is 2.96 bits per heavy atom. The van der Waals surface area contributed by atoms with Gasteiger partial charge < -0.3 is 9.84 Å². The van der Waals surface area contributed by atoms with Crippen LogP contribution >= 0.6 is 0 Å². The number of hydrogen-bond acceptors (Lipinski definition) is 2. The zero-order chi connectivity index (χ0) is 15.8. The fourth-order valence-corrected chi connectivity index (χ4v) is 6.29. The van der Waals surface area contributed by atoms with Gasteiger partial charge in [0.15, 0.2) is 0 Å². The van der Waals surface area contributed by atoms with E-state index < -0.39 is 0 Å². The Balaban J connectivity index is 1.65. The number of aliphatic hydroxyl groups excluding tert-OH is 1. The minimum absolute atomic E-state index is 0.0912. The van der Waals surface area contributed by atoms with E-state index in [2.05, 4.69) is 25.1 Å². The molecule has 2 saturated carbocycles. The van der Waals surface area contributed by atoms with Gasteiger partial charge in [0.25, 0.3) is 0 Å². The van der Waals surface area contributed by atoms with Crippen molar-refractivity contribution in [1.82, 2.24) is 0 Å². The predicted molar refractivity (Wildman–Crippen MR) is 91.4 cm³/mol. The Morgan fingerprint density at radius 1 is 1.26 bits per heavy atom. The highest BCUT2D eigenvalue weighted by Crippen LogP contribution is 2.80. The highest BCUT2D eigenvalue weighted by atomic mass is 16.5. The van der Waals surface area contributed by atoms with Crippen LogP contribution in [0.5, 0.6) is 5.75 Å².